The minimum absolute atomic E-state index is 0.357. The summed E-state index contributed by atoms with van der Waals surface area (Å²) < 4.78 is 15.2. The van der Waals surface area contributed by atoms with E-state index in [-0.39, 0.29) is 5.82 Å². The van der Waals surface area contributed by atoms with Crippen molar-refractivity contribution in [3.8, 4) is 5.69 Å². The molecule has 4 heteroatoms. The van der Waals surface area contributed by atoms with Gasteiger partial charge in [-0.05, 0) is 37.3 Å². The number of aliphatic hydroxyl groups is 1. The average molecular weight is 256 g/mol. The summed E-state index contributed by atoms with van der Waals surface area (Å²) in [5.41, 5.74) is 3.08. The molecule has 1 N–H and O–H groups in total. The SMILES string of the molecule is C[C@@H](O)c1cc(F)ccc1-n1cnc2ccccc21. The van der Waals surface area contributed by atoms with Crippen LogP contribution < -0.4 is 0 Å². The number of para-hydroxylation sites is 2. The highest BCUT2D eigenvalue weighted by atomic mass is 19.1. The Morgan fingerprint density at radius 3 is 2.79 bits per heavy atom. The molecule has 0 unspecified atom stereocenters. The maximum absolute atomic E-state index is 13.3. The maximum Gasteiger partial charge on any atom is 0.123 e. The Kier molecular flexibility index (Phi) is 2.80. The second-order valence-corrected chi connectivity index (χ2v) is 4.48. The number of hydrogen-bond acceptors (Lipinski definition) is 2. The van der Waals surface area contributed by atoms with Crippen LogP contribution in [0, 0.1) is 5.82 Å². The summed E-state index contributed by atoms with van der Waals surface area (Å²) in [7, 11) is 0. The Bertz CT molecular complexity index is 734. The quantitative estimate of drug-likeness (QED) is 0.764. The molecule has 19 heavy (non-hydrogen) atoms. The molecule has 3 rings (SSSR count). The molecule has 96 valence electrons. The van der Waals surface area contributed by atoms with Crippen molar-refractivity contribution >= 4 is 11.0 Å². The Labute approximate surface area is 109 Å². The number of fused-ring (bicyclic) bond motifs is 1. The highest BCUT2D eigenvalue weighted by Gasteiger charge is 2.13. The van der Waals surface area contributed by atoms with E-state index in [1.54, 1.807) is 19.3 Å². The van der Waals surface area contributed by atoms with E-state index in [9.17, 15) is 9.50 Å². The summed E-state index contributed by atoms with van der Waals surface area (Å²) in [6, 6.07) is 12.1. The van der Waals surface area contributed by atoms with Crippen LogP contribution >= 0.6 is 0 Å². The Balaban J connectivity index is 2.27. The van der Waals surface area contributed by atoms with Crippen molar-refractivity contribution in [2.45, 2.75) is 13.0 Å². The predicted octanol–water partition coefficient (Wildman–Crippen LogP) is 3.22. The molecule has 2 aromatic carbocycles. The number of aliphatic hydroxyl groups excluding tert-OH is 1. The second kappa shape index (κ2) is 4.48. The molecule has 0 saturated heterocycles. The molecule has 0 spiro atoms. The molecule has 0 amide bonds. The fourth-order valence-electron chi connectivity index (χ4n) is 2.23. The molecular weight excluding hydrogens is 243 g/mol. The van der Waals surface area contributed by atoms with Gasteiger partial charge in [-0.2, -0.15) is 0 Å². The van der Waals surface area contributed by atoms with E-state index >= 15 is 0 Å². The Morgan fingerprint density at radius 2 is 2.00 bits per heavy atom. The van der Waals surface area contributed by atoms with Gasteiger partial charge in [0.25, 0.3) is 0 Å². The molecule has 0 radical (unpaired) electrons. The van der Waals surface area contributed by atoms with Crippen LogP contribution in [0.1, 0.15) is 18.6 Å². The molecule has 1 atom stereocenters. The number of halogens is 1. The highest BCUT2D eigenvalue weighted by molar-refractivity contribution is 5.77. The standard InChI is InChI=1S/C15H13FN2O/c1-10(19)12-8-11(16)6-7-14(12)18-9-17-13-4-2-3-5-15(13)18/h2-10,19H,1H3/t10-/m1/s1. The second-order valence-electron chi connectivity index (χ2n) is 4.48. The van der Waals surface area contributed by atoms with Gasteiger partial charge in [-0.25, -0.2) is 9.37 Å². The fraction of sp³-hybridized carbons (Fsp3) is 0.133. The first-order chi connectivity index (χ1) is 9.16. The molecule has 0 aliphatic heterocycles. The predicted molar refractivity (Wildman–Crippen MR) is 71.7 cm³/mol. The van der Waals surface area contributed by atoms with Crippen LogP contribution in [0.3, 0.4) is 0 Å². The molecule has 0 aliphatic carbocycles. The van der Waals surface area contributed by atoms with Crippen LogP contribution in [-0.4, -0.2) is 14.7 Å². The summed E-state index contributed by atoms with van der Waals surface area (Å²) in [6.45, 7) is 1.62. The monoisotopic (exact) mass is 256 g/mol. The lowest BCUT2D eigenvalue weighted by Gasteiger charge is -2.13. The third kappa shape index (κ3) is 2.00. The van der Waals surface area contributed by atoms with E-state index in [0.717, 1.165) is 16.7 Å². The minimum atomic E-state index is -0.744. The lowest BCUT2D eigenvalue weighted by atomic mass is 10.1. The van der Waals surface area contributed by atoms with Gasteiger partial charge in [0.1, 0.15) is 12.1 Å². The first-order valence-electron chi connectivity index (χ1n) is 6.07. The number of imidazole rings is 1. The van der Waals surface area contributed by atoms with Crippen LogP contribution in [-0.2, 0) is 0 Å². The van der Waals surface area contributed by atoms with Crippen molar-refractivity contribution in [2.24, 2.45) is 0 Å². The zero-order chi connectivity index (χ0) is 13.4. The molecule has 1 aromatic heterocycles. The number of aromatic nitrogens is 2. The van der Waals surface area contributed by atoms with Crippen LogP contribution in [0.25, 0.3) is 16.7 Å². The largest absolute Gasteiger partial charge is 0.389 e. The summed E-state index contributed by atoms with van der Waals surface area (Å²) in [5, 5.41) is 9.80. The van der Waals surface area contributed by atoms with Crippen molar-refractivity contribution in [2.75, 3.05) is 0 Å². The summed E-state index contributed by atoms with van der Waals surface area (Å²) >= 11 is 0. The van der Waals surface area contributed by atoms with E-state index in [0.29, 0.717) is 5.56 Å². The van der Waals surface area contributed by atoms with Crippen LogP contribution in [0.4, 0.5) is 4.39 Å². The normalized spacial score (nSPS) is 12.8. The smallest absolute Gasteiger partial charge is 0.123 e. The number of benzene rings is 2. The van der Waals surface area contributed by atoms with E-state index in [1.165, 1.54) is 12.1 Å². The Morgan fingerprint density at radius 1 is 1.21 bits per heavy atom. The summed E-state index contributed by atoms with van der Waals surface area (Å²) in [4.78, 5) is 4.31. The molecule has 0 saturated carbocycles. The Hall–Kier alpha value is -2.20. The van der Waals surface area contributed by atoms with Crippen molar-refractivity contribution in [1.29, 1.82) is 0 Å². The van der Waals surface area contributed by atoms with E-state index in [1.807, 2.05) is 28.8 Å². The van der Waals surface area contributed by atoms with Gasteiger partial charge in [0.05, 0.1) is 22.8 Å². The van der Waals surface area contributed by atoms with Gasteiger partial charge in [0.2, 0.25) is 0 Å². The van der Waals surface area contributed by atoms with Crippen molar-refractivity contribution < 1.29 is 9.50 Å². The van der Waals surface area contributed by atoms with Gasteiger partial charge in [0.15, 0.2) is 0 Å². The average Bonchev–Trinajstić information content (AvgIpc) is 2.82. The first-order valence-corrected chi connectivity index (χ1v) is 6.07. The molecule has 0 aliphatic rings. The van der Waals surface area contributed by atoms with Gasteiger partial charge in [-0.3, -0.25) is 4.57 Å². The van der Waals surface area contributed by atoms with E-state index in [4.69, 9.17) is 0 Å². The first kappa shape index (κ1) is 11.9. The lowest BCUT2D eigenvalue weighted by Crippen LogP contribution is -2.02. The van der Waals surface area contributed by atoms with Crippen molar-refractivity contribution in [1.82, 2.24) is 9.55 Å². The molecular formula is C15H13FN2O. The van der Waals surface area contributed by atoms with Gasteiger partial charge in [0, 0.05) is 5.56 Å². The van der Waals surface area contributed by atoms with Crippen LogP contribution in [0.15, 0.2) is 48.8 Å². The third-order valence-electron chi connectivity index (χ3n) is 3.15. The molecule has 0 bridgehead atoms. The molecule has 3 aromatic rings. The fourth-order valence-corrected chi connectivity index (χ4v) is 2.23. The van der Waals surface area contributed by atoms with E-state index < -0.39 is 6.10 Å². The van der Waals surface area contributed by atoms with Crippen LogP contribution in [0.2, 0.25) is 0 Å². The summed E-state index contributed by atoms with van der Waals surface area (Å²) in [5.74, 6) is -0.357. The zero-order valence-corrected chi connectivity index (χ0v) is 10.4. The van der Waals surface area contributed by atoms with Gasteiger partial charge in [-0.15, -0.1) is 0 Å². The minimum Gasteiger partial charge on any atom is -0.389 e. The molecule has 3 nitrogen and oxygen atoms in total. The van der Waals surface area contributed by atoms with Gasteiger partial charge in [-0.1, -0.05) is 12.1 Å². The molecule has 1 heterocycles. The number of rotatable bonds is 2. The van der Waals surface area contributed by atoms with Crippen LogP contribution in [0.5, 0.6) is 0 Å². The maximum atomic E-state index is 13.3. The molecule has 0 fully saturated rings. The topological polar surface area (TPSA) is 38.0 Å². The van der Waals surface area contributed by atoms with Crippen molar-refractivity contribution in [3.05, 3.63) is 60.2 Å². The van der Waals surface area contributed by atoms with E-state index in [2.05, 4.69) is 4.98 Å². The zero-order valence-electron chi connectivity index (χ0n) is 10.4. The summed E-state index contributed by atoms with van der Waals surface area (Å²) in [6.07, 6.45) is 0.941. The number of hydrogen-bond donors (Lipinski definition) is 1. The number of nitrogens with zero attached hydrogens (tertiary/aromatic N) is 2. The van der Waals surface area contributed by atoms with Gasteiger partial charge >= 0.3 is 0 Å². The third-order valence-corrected chi connectivity index (χ3v) is 3.15. The van der Waals surface area contributed by atoms with Crippen molar-refractivity contribution in [3.63, 3.8) is 0 Å². The highest BCUT2D eigenvalue weighted by Crippen LogP contribution is 2.25. The van der Waals surface area contributed by atoms with Gasteiger partial charge < -0.3 is 5.11 Å². The lowest BCUT2D eigenvalue weighted by molar-refractivity contribution is 0.198.